The summed E-state index contributed by atoms with van der Waals surface area (Å²) in [6, 6.07) is 4.89. The van der Waals surface area contributed by atoms with Crippen LogP contribution < -0.4 is 5.73 Å². The van der Waals surface area contributed by atoms with Gasteiger partial charge in [-0.25, -0.2) is 13.2 Å². The second-order valence-corrected chi connectivity index (χ2v) is 4.15. The molecule has 0 unspecified atom stereocenters. The van der Waals surface area contributed by atoms with Crippen LogP contribution in [-0.2, 0) is 0 Å². The first-order valence-corrected chi connectivity index (χ1v) is 5.45. The molecule has 0 heterocycles. The summed E-state index contributed by atoms with van der Waals surface area (Å²) in [6.45, 7) is 1.43. The van der Waals surface area contributed by atoms with E-state index in [1.807, 2.05) is 0 Å². The Morgan fingerprint density at radius 1 is 1.05 bits per heavy atom. The number of halogens is 3. The Balaban J connectivity index is 2.59. The third-order valence-electron chi connectivity index (χ3n) is 2.69. The van der Waals surface area contributed by atoms with Crippen LogP contribution in [0.1, 0.15) is 21.5 Å². The number of carbonyl (C=O) groups excluding carboxylic acids is 1. The van der Waals surface area contributed by atoms with Crippen LogP contribution in [0.2, 0.25) is 0 Å². The molecule has 0 bridgehead atoms. The molecule has 0 aromatic heterocycles. The molecule has 19 heavy (non-hydrogen) atoms. The number of hydrogen-bond donors (Lipinski definition) is 1. The van der Waals surface area contributed by atoms with E-state index < -0.39 is 28.8 Å². The van der Waals surface area contributed by atoms with Crippen LogP contribution in [0, 0.1) is 24.4 Å². The minimum absolute atomic E-state index is 0.167. The molecule has 0 radical (unpaired) electrons. The quantitative estimate of drug-likeness (QED) is 0.669. The van der Waals surface area contributed by atoms with Gasteiger partial charge in [0.05, 0.1) is 11.1 Å². The molecule has 2 N–H and O–H groups in total. The zero-order valence-corrected chi connectivity index (χ0v) is 10.0. The van der Waals surface area contributed by atoms with Gasteiger partial charge >= 0.3 is 0 Å². The molecule has 0 spiro atoms. The van der Waals surface area contributed by atoms with E-state index in [2.05, 4.69) is 0 Å². The van der Waals surface area contributed by atoms with Crippen molar-refractivity contribution in [3.05, 3.63) is 64.5 Å². The van der Waals surface area contributed by atoms with Gasteiger partial charge in [-0.1, -0.05) is 0 Å². The fourth-order valence-electron chi connectivity index (χ4n) is 1.78. The van der Waals surface area contributed by atoms with Crippen molar-refractivity contribution in [2.75, 3.05) is 5.73 Å². The number of aryl methyl sites for hydroxylation is 1. The molecular weight excluding hydrogens is 255 g/mol. The molecule has 2 aromatic rings. The summed E-state index contributed by atoms with van der Waals surface area (Å²) in [5.41, 5.74) is 4.97. The van der Waals surface area contributed by atoms with E-state index in [9.17, 15) is 18.0 Å². The van der Waals surface area contributed by atoms with Crippen LogP contribution in [0.25, 0.3) is 0 Å². The molecule has 0 saturated heterocycles. The molecule has 0 aliphatic carbocycles. The number of nitrogen functional groups attached to an aromatic ring is 1. The maximum atomic E-state index is 13.9. The second kappa shape index (κ2) is 4.76. The molecule has 5 heteroatoms. The molecule has 98 valence electrons. The number of hydrogen-bond acceptors (Lipinski definition) is 2. The molecule has 2 aromatic carbocycles. The van der Waals surface area contributed by atoms with Crippen LogP contribution in [0.5, 0.6) is 0 Å². The number of anilines is 1. The Bertz CT molecular complexity index is 668. The van der Waals surface area contributed by atoms with Gasteiger partial charge in [0.15, 0.2) is 5.78 Å². The number of rotatable bonds is 2. The summed E-state index contributed by atoms with van der Waals surface area (Å²) in [6.07, 6.45) is 0. The van der Waals surface area contributed by atoms with Crippen molar-refractivity contribution in [2.45, 2.75) is 6.92 Å². The molecule has 0 atom stereocenters. The van der Waals surface area contributed by atoms with Crippen molar-refractivity contribution in [1.82, 2.24) is 0 Å². The second-order valence-electron chi connectivity index (χ2n) is 4.15. The van der Waals surface area contributed by atoms with Gasteiger partial charge in [-0.3, -0.25) is 4.79 Å². The van der Waals surface area contributed by atoms with E-state index in [0.29, 0.717) is 0 Å². The Hall–Kier alpha value is -2.30. The van der Waals surface area contributed by atoms with Gasteiger partial charge in [0.25, 0.3) is 0 Å². The van der Waals surface area contributed by atoms with E-state index in [-0.39, 0.29) is 16.8 Å². The maximum Gasteiger partial charge on any atom is 0.199 e. The lowest BCUT2D eigenvalue weighted by Gasteiger charge is -2.07. The number of ketones is 1. The summed E-state index contributed by atoms with van der Waals surface area (Å²) in [5.74, 6) is -3.41. The third kappa shape index (κ3) is 2.45. The van der Waals surface area contributed by atoms with Crippen LogP contribution >= 0.6 is 0 Å². The van der Waals surface area contributed by atoms with Gasteiger partial charge in [0.1, 0.15) is 17.5 Å². The van der Waals surface area contributed by atoms with E-state index in [4.69, 9.17) is 5.73 Å². The van der Waals surface area contributed by atoms with E-state index in [0.717, 1.165) is 24.3 Å². The van der Waals surface area contributed by atoms with Crippen molar-refractivity contribution in [2.24, 2.45) is 0 Å². The van der Waals surface area contributed by atoms with Gasteiger partial charge < -0.3 is 5.73 Å². The predicted octanol–water partition coefficient (Wildman–Crippen LogP) is 3.23. The van der Waals surface area contributed by atoms with Gasteiger partial charge in [-0.2, -0.15) is 0 Å². The van der Waals surface area contributed by atoms with Crippen molar-refractivity contribution in [3.63, 3.8) is 0 Å². The summed E-state index contributed by atoms with van der Waals surface area (Å²) >= 11 is 0. The molecule has 0 fully saturated rings. The lowest BCUT2D eigenvalue weighted by Crippen LogP contribution is -2.09. The molecule has 0 aliphatic heterocycles. The van der Waals surface area contributed by atoms with Crippen LogP contribution in [0.15, 0.2) is 30.3 Å². The predicted molar refractivity (Wildman–Crippen MR) is 65.3 cm³/mol. The van der Waals surface area contributed by atoms with Crippen LogP contribution in [-0.4, -0.2) is 5.78 Å². The Labute approximate surface area is 107 Å². The van der Waals surface area contributed by atoms with Crippen molar-refractivity contribution in [1.29, 1.82) is 0 Å². The molecular formula is C14H10F3NO. The number of nitrogens with two attached hydrogens (primary N) is 1. The van der Waals surface area contributed by atoms with Gasteiger partial charge in [-0.15, -0.1) is 0 Å². The normalized spacial score (nSPS) is 10.5. The van der Waals surface area contributed by atoms with E-state index in [1.54, 1.807) is 0 Å². The highest BCUT2D eigenvalue weighted by atomic mass is 19.1. The fraction of sp³-hybridized carbons (Fsp3) is 0.0714. The van der Waals surface area contributed by atoms with Gasteiger partial charge in [0.2, 0.25) is 0 Å². The lowest BCUT2D eigenvalue weighted by atomic mass is 9.99. The topological polar surface area (TPSA) is 43.1 Å². The average Bonchev–Trinajstić information content (AvgIpc) is 2.36. The van der Waals surface area contributed by atoms with Crippen molar-refractivity contribution < 1.29 is 18.0 Å². The first-order valence-electron chi connectivity index (χ1n) is 5.45. The highest BCUT2D eigenvalue weighted by Crippen LogP contribution is 2.22. The van der Waals surface area contributed by atoms with E-state index >= 15 is 0 Å². The zero-order chi connectivity index (χ0) is 14.2. The minimum atomic E-state index is -0.940. The largest absolute Gasteiger partial charge is 0.399 e. The summed E-state index contributed by atoms with van der Waals surface area (Å²) in [5, 5.41) is 0. The highest BCUT2D eigenvalue weighted by molar-refractivity contribution is 6.09. The maximum absolute atomic E-state index is 13.9. The molecule has 2 nitrogen and oxygen atoms in total. The standard InChI is InChI=1S/C14H10F3NO/c1-7-4-9(18)6-11(13(7)17)14(19)10-5-8(15)2-3-12(10)16/h2-6H,18H2,1H3. The number of carbonyl (C=O) groups is 1. The first kappa shape index (κ1) is 13.1. The Morgan fingerprint density at radius 3 is 2.42 bits per heavy atom. The average molecular weight is 265 g/mol. The fourth-order valence-corrected chi connectivity index (χ4v) is 1.78. The Kier molecular flexibility index (Phi) is 3.29. The molecule has 0 aliphatic rings. The summed E-state index contributed by atoms with van der Waals surface area (Å²) < 4.78 is 40.4. The third-order valence-corrected chi connectivity index (χ3v) is 2.69. The highest BCUT2D eigenvalue weighted by Gasteiger charge is 2.20. The van der Waals surface area contributed by atoms with Crippen molar-refractivity contribution in [3.8, 4) is 0 Å². The molecule has 0 amide bonds. The van der Waals surface area contributed by atoms with Crippen LogP contribution in [0.4, 0.5) is 18.9 Å². The smallest absolute Gasteiger partial charge is 0.199 e. The van der Waals surface area contributed by atoms with Crippen LogP contribution in [0.3, 0.4) is 0 Å². The Morgan fingerprint density at radius 2 is 1.74 bits per heavy atom. The van der Waals surface area contributed by atoms with Gasteiger partial charge in [0, 0.05) is 5.69 Å². The minimum Gasteiger partial charge on any atom is -0.399 e. The van der Waals surface area contributed by atoms with Gasteiger partial charge in [-0.05, 0) is 42.8 Å². The van der Waals surface area contributed by atoms with Crippen molar-refractivity contribution >= 4 is 11.5 Å². The van der Waals surface area contributed by atoms with E-state index in [1.165, 1.54) is 13.0 Å². The SMILES string of the molecule is Cc1cc(N)cc(C(=O)c2cc(F)ccc2F)c1F. The zero-order valence-electron chi connectivity index (χ0n) is 10.0. The first-order chi connectivity index (χ1) is 8.90. The lowest BCUT2D eigenvalue weighted by molar-refractivity contribution is 0.103. The summed E-state index contributed by atoms with van der Waals surface area (Å²) in [7, 11) is 0. The molecule has 2 rings (SSSR count). The summed E-state index contributed by atoms with van der Waals surface area (Å²) in [4.78, 5) is 12.0. The molecule has 0 saturated carbocycles. The monoisotopic (exact) mass is 265 g/mol. The number of benzene rings is 2.